The Hall–Kier alpha value is -2.44. The van der Waals surface area contributed by atoms with Gasteiger partial charge in [-0.05, 0) is 36.8 Å². The van der Waals surface area contributed by atoms with E-state index in [2.05, 4.69) is 36.7 Å². The third-order valence-corrected chi connectivity index (χ3v) is 4.42. The minimum atomic E-state index is -0.373. The second-order valence-electron chi connectivity index (χ2n) is 5.29. The number of hydrogen-bond acceptors (Lipinski definition) is 3. The molecule has 2 aromatic carbocycles. The van der Waals surface area contributed by atoms with Gasteiger partial charge in [0.1, 0.15) is 5.69 Å². The van der Waals surface area contributed by atoms with Gasteiger partial charge >= 0.3 is 0 Å². The van der Waals surface area contributed by atoms with Crippen molar-refractivity contribution in [2.45, 2.75) is 6.92 Å². The van der Waals surface area contributed by atoms with Crippen molar-refractivity contribution >= 4 is 39.1 Å². The van der Waals surface area contributed by atoms with Gasteiger partial charge in [0.15, 0.2) is 0 Å². The molecule has 0 unspecified atom stereocenters. The fourth-order valence-corrected chi connectivity index (χ4v) is 2.69. The van der Waals surface area contributed by atoms with Crippen LogP contribution < -0.4 is 5.43 Å². The lowest BCUT2D eigenvalue weighted by Gasteiger charge is -2.02. The summed E-state index contributed by atoms with van der Waals surface area (Å²) in [5.74, 6) is -0.373. The molecule has 2 N–H and O–H groups in total. The van der Waals surface area contributed by atoms with Gasteiger partial charge in [-0.25, -0.2) is 5.43 Å². The molecule has 0 bridgehead atoms. The lowest BCUT2D eigenvalue weighted by molar-refractivity contribution is 0.0950. The third-order valence-electron chi connectivity index (χ3n) is 3.56. The average Bonchev–Trinajstić information content (AvgIpc) is 3.10. The molecule has 0 atom stereocenters. The highest BCUT2D eigenvalue weighted by Crippen LogP contribution is 2.26. The summed E-state index contributed by atoms with van der Waals surface area (Å²) in [4.78, 5) is 12.2. The van der Waals surface area contributed by atoms with Crippen LogP contribution in [0.2, 0.25) is 5.02 Å². The number of aromatic amines is 1. The topological polar surface area (TPSA) is 70.1 Å². The summed E-state index contributed by atoms with van der Waals surface area (Å²) in [5.41, 5.74) is 5.81. The Balaban J connectivity index is 1.73. The second-order valence-corrected chi connectivity index (χ2v) is 6.61. The number of hydrazone groups is 1. The van der Waals surface area contributed by atoms with E-state index in [1.807, 2.05) is 49.4 Å². The minimum Gasteiger partial charge on any atom is -0.272 e. The molecule has 1 heterocycles. The summed E-state index contributed by atoms with van der Waals surface area (Å²) < 4.78 is 0.984. The fourth-order valence-electron chi connectivity index (χ4n) is 2.20. The Bertz CT molecular complexity index is 934. The van der Waals surface area contributed by atoms with Crippen molar-refractivity contribution in [2.75, 3.05) is 0 Å². The molecule has 126 valence electrons. The highest BCUT2D eigenvalue weighted by atomic mass is 79.9. The minimum absolute atomic E-state index is 0.308. The van der Waals surface area contributed by atoms with Crippen LogP contribution >= 0.6 is 27.5 Å². The van der Waals surface area contributed by atoms with E-state index in [1.54, 1.807) is 12.1 Å². The molecular weight excluding hydrogens is 404 g/mol. The van der Waals surface area contributed by atoms with Crippen LogP contribution in [-0.2, 0) is 0 Å². The first-order valence-electron chi connectivity index (χ1n) is 7.45. The summed E-state index contributed by atoms with van der Waals surface area (Å²) in [6, 6.07) is 16.6. The molecule has 0 fully saturated rings. The Morgan fingerprint density at radius 1 is 1.20 bits per heavy atom. The Kier molecular flexibility index (Phi) is 5.31. The Labute approximate surface area is 158 Å². The normalized spacial score (nSPS) is 11.4. The summed E-state index contributed by atoms with van der Waals surface area (Å²) in [6.45, 7) is 1.83. The number of halogens is 2. The van der Waals surface area contributed by atoms with Crippen molar-refractivity contribution in [3.8, 4) is 11.3 Å². The van der Waals surface area contributed by atoms with E-state index >= 15 is 0 Å². The number of nitrogens with one attached hydrogen (secondary N) is 2. The zero-order valence-corrected chi connectivity index (χ0v) is 15.6. The zero-order valence-electron chi connectivity index (χ0n) is 13.3. The molecule has 7 heteroatoms. The van der Waals surface area contributed by atoms with Crippen LogP contribution in [0.1, 0.15) is 23.0 Å². The number of amides is 1. The van der Waals surface area contributed by atoms with E-state index in [-0.39, 0.29) is 5.91 Å². The first-order valence-corrected chi connectivity index (χ1v) is 8.62. The van der Waals surface area contributed by atoms with Crippen LogP contribution in [0.15, 0.2) is 64.2 Å². The molecule has 1 amide bonds. The van der Waals surface area contributed by atoms with Crippen molar-refractivity contribution in [1.29, 1.82) is 0 Å². The quantitative estimate of drug-likeness (QED) is 0.479. The van der Waals surface area contributed by atoms with Crippen molar-refractivity contribution in [1.82, 2.24) is 15.6 Å². The fraction of sp³-hybridized carbons (Fsp3) is 0.0556. The Morgan fingerprint density at radius 3 is 2.64 bits per heavy atom. The van der Waals surface area contributed by atoms with Gasteiger partial charge in [-0.2, -0.15) is 10.2 Å². The van der Waals surface area contributed by atoms with Gasteiger partial charge in [0.2, 0.25) is 0 Å². The molecule has 25 heavy (non-hydrogen) atoms. The van der Waals surface area contributed by atoms with Gasteiger partial charge in [0, 0.05) is 10.0 Å². The second kappa shape index (κ2) is 7.63. The number of benzene rings is 2. The summed E-state index contributed by atoms with van der Waals surface area (Å²) in [7, 11) is 0. The molecular formula is C18H14BrClN4O. The average molecular weight is 418 g/mol. The number of rotatable bonds is 4. The lowest BCUT2D eigenvalue weighted by atomic mass is 10.1. The van der Waals surface area contributed by atoms with Gasteiger partial charge in [-0.1, -0.05) is 57.9 Å². The number of carbonyl (C=O) groups is 1. The third kappa shape index (κ3) is 4.15. The maximum Gasteiger partial charge on any atom is 0.289 e. The monoisotopic (exact) mass is 416 g/mol. The van der Waals surface area contributed by atoms with E-state index in [9.17, 15) is 4.79 Å². The molecule has 0 aliphatic heterocycles. The van der Waals surface area contributed by atoms with E-state index in [0.29, 0.717) is 22.1 Å². The van der Waals surface area contributed by atoms with E-state index in [1.165, 1.54) is 0 Å². The van der Waals surface area contributed by atoms with Crippen LogP contribution in [0.3, 0.4) is 0 Å². The summed E-state index contributed by atoms with van der Waals surface area (Å²) in [5, 5.41) is 11.5. The van der Waals surface area contributed by atoms with Crippen molar-refractivity contribution < 1.29 is 4.79 Å². The number of hydrogen-bond donors (Lipinski definition) is 2. The summed E-state index contributed by atoms with van der Waals surface area (Å²) >= 11 is 9.53. The van der Waals surface area contributed by atoms with Crippen LogP contribution in [0.4, 0.5) is 0 Å². The SMILES string of the molecule is CC(=NNC(=O)c1cc(-c2ccccc2Cl)n[nH]1)c1ccc(Br)cc1. The van der Waals surface area contributed by atoms with E-state index in [4.69, 9.17) is 11.6 Å². The molecule has 1 aromatic heterocycles. The van der Waals surface area contributed by atoms with E-state index < -0.39 is 0 Å². The van der Waals surface area contributed by atoms with Gasteiger partial charge in [-0.15, -0.1) is 0 Å². The molecule has 0 aliphatic rings. The van der Waals surface area contributed by atoms with Gasteiger partial charge in [0.05, 0.1) is 16.4 Å². The highest BCUT2D eigenvalue weighted by Gasteiger charge is 2.12. The van der Waals surface area contributed by atoms with Crippen molar-refractivity contribution in [3.05, 3.63) is 75.4 Å². The van der Waals surface area contributed by atoms with Crippen LogP contribution in [0, 0.1) is 0 Å². The van der Waals surface area contributed by atoms with Crippen LogP contribution in [0.25, 0.3) is 11.3 Å². The molecule has 0 spiro atoms. The van der Waals surface area contributed by atoms with E-state index in [0.717, 1.165) is 15.6 Å². The number of nitrogens with zero attached hydrogens (tertiary/aromatic N) is 2. The smallest absolute Gasteiger partial charge is 0.272 e. The van der Waals surface area contributed by atoms with Gasteiger partial charge in [0.25, 0.3) is 5.91 Å². The largest absolute Gasteiger partial charge is 0.289 e. The standard InChI is InChI=1S/C18H14BrClN4O/c1-11(12-6-8-13(19)9-7-12)21-24-18(25)17-10-16(22-23-17)14-4-2-3-5-15(14)20/h2-10H,1H3,(H,22,23)(H,24,25). The van der Waals surface area contributed by atoms with Gasteiger partial charge < -0.3 is 0 Å². The maximum absolute atomic E-state index is 12.2. The van der Waals surface area contributed by atoms with Crippen molar-refractivity contribution in [2.24, 2.45) is 5.10 Å². The molecule has 0 radical (unpaired) electrons. The predicted octanol–water partition coefficient (Wildman–Crippen LogP) is 4.65. The van der Waals surface area contributed by atoms with Crippen molar-refractivity contribution in [3.63, 3.8) is 0 Å². The number of carbonyl (C=O) groups excluding carboxylic acids is 1. The predicted molar refractivity (Wildman–Crippen MR) is 103 cm³/mol. The summed E-state index contributed by atoms with van der Waals surface area (Å²) in [6.07, 6.45) is 0. The molecule has 0 saturated carbocycles. The lowest BCUT2D eigenvalue weighted by Crippen LogP contribution is -2.19. The molecule has 0 saturated heterocycles. The molecule has 3 rings (SSSR count). The first kappa shape index (κ1) is 17.4. The first-order chi connectivity index (χ1) is 12.0. The highest BCUT2D eigenvalue weighted by molar-refractivity contribution is 9.10. The van der Waals surface area contributed by atoms with Gasteiger partial charge in [-0.3, -0.25) is 9.89 Å². The van der Waals surface area contributed by atoms with Crippen LogP contribution in [0.5, 0.6) is 0 Å². The number of H-pyrrole nitrogens is 1. The molecule has 0 aliphatic carbocycles. The Morgan fingerprint density at radius 2 is 1.92 bits per heavy atom. The van der Waals surface area contributed by atoms with Crippen LogP contribution in [-0.4, -0.2) is 21.8 Å². The molecule has 5 nitrogen and oxygen atoms in total. The maximum atomic E-state index is 12.2. The molecule has 3 aromatic rings. The number of aromatic nitrogens is 2. The zero-order chi connectivity index (χ0) is 17.8.